The lowest BCUT2D eigenvalue weighted by atomic mass is 10.1. The zero-order valence-corrected chi connectivity index (χ0v) is 18.8. The summed E-state index contributed by atoms with van der Waals surface area (Å²) >= 11 is 1.21. The van der Waals surface area contributed by atoms with Gasteiger partial charge in [0.25, 0.3) is 15.9 Å². The Hall–Kier alpha value is -2.73. The van der Waals surface area contributed by atoms with Gasteiger partial charge < -0.3 is 8.83 Å². The van der Waals surface area contributed by atoms with Crippen LogP contribution in [0.2, 0.25) is 0 Å². The van der Waals surface area contributed by atoms with Gasteiger partial charge in [-0.25, -0.2) is 13.4 Å². The number of amides is 1. The molecule has 1 unspecified atom stereocenters. The second-order valence-corrected chi connectivity index (χ2v) is 10.7. The third kappa shape index (κ3) is 4.04. The van der Waals surface area contributed by atoms with E-state index in [2.05, 4.69) is 5.10 Å². The van der Waals surface area contributed by atoms with E-state index in [0.29, 0.717) is 54.0 Å². The van der Waals surface area contributed by atoms with E-state index in [1.807, 2.05) is 17.0 Å². The predicted octanol–water partition coefficient (Wildman–Crippen LogP) is 2.62. The fraction of sp³-hybridized carbons (Fsp3) is 0.333. The lowest BCUT2D eigenvalue weighted by molar-refractivity contribution is -0.134. The first-order chi connectivity index (χ1) is 15.5. The van der Waals surface area contributed by atoms with Gasteiger partial charge in [-0.2, -0.15) is 9.41 Å². The molecule has 0 bridgehead atoms. The minimum Gasteiger partial charge on any atom is -0.467 e. The zero-order valence-electron chi connectivity index (χ0n) is 17.2. The van der Waals surface area contributed by atoms with Gasteiger partial charge in [0.05, 0.1) is 19.1 Å². The lowest BCUT2D eigenvalue weighted by Crippen LogP contribution is -2.51. The van der Waals surface area contributed by atoms with Crippen LogP contribution in [0, 0.1) is 0 Å². The van der Waals surface area contributed by atoms with Gasteiger partial charge in [-0.15, -0.1) is 11.3 Å². The van der Waals surface area contributed by atoms with Crippen molar-refractivity contribution in [2.75, 3.05) is 32.7 Å². The van der Waals surface area contributed by atoms with Gasteiger partial charge in [0.2, 0.25) is 0 Å². The molecule has 1 atom stereocenters. The van der Waals surface area contributed by atoms with Crippen LogP contribution in [0.5, 0.6) is 0 Å². The number of hydrazone groups is 1. The second kappa shape index (κ2) is 8.66. The van der Waals surface area contributed by atoms with Crippen LogP contribution in [0.25, 0.3) is 0 Å². The number of piperazine rings is 1. The molecule has 0 saturated carbocycles. The van der Waals surface area contributed by atoms with Crippen molar-refractivity contribution in [3.8, 4) is 0 Å². The first-order valence-corrected chi connectivity index (χ1v) is 12.6. The lowest BCUT2D eigenvalue weighted by Gasteiger charge is -2.34. The van der Waals surface area contributed by atoms with E-state index in [-0.39, 0.29) is 18.5 Å². The average molecular weight is 475 g/mol. The molecule has 2 aliphatic rings. The van der Waals surface area contributed by atoms with Gasteiger partial charge in [0.15, 0.2) is 0 Å². The SMILES string of the molecule is O=C(CN1CCN(S(=O)(=O)c2cccs2)CC1)N1N=C(c2ccco2)CC1c1ccco1. The number of thiophene rings is 1. The van der Waals surface area contributed by atoms with Gasteiger partial charge >= 0.3 is 0 Å². The first-order valence-electron chi connectivity index (χ1n) is 10.3. The molecule has 1 amide bonds. The highest BCUT2D eigenvalue weighted by Crippen LogP contribution is 2.33. The standard InChI is InChI=1S/C21H22N4O5S2/c26-20(15-23-7-9-24(10-8-23)32(27,28)21-6-3-13-31-21)25-17(19-5-2-12-30-19)14-16(22-25)18-4-1-11-29-18/h1-6,11-13,17H,7-10,14-15H2. The van der Waals surface area contributed by atoms with Gasteiger partial charge in [0.1, 0.15) is 27.5 Å². The molecule has 168 valence electrons. The van der Waals surface area contributed by atoms with E-state index < -0.39 is 10.0 Å². The number of nitrogens with zero attached hydrogens (tertiary/aromatic N) is 4. The predicted molar refractivity (Wildman–Crippen MR) is 118 cm³/mol. The van der Waals surface area contributed by atoms with Crippen LogP contribution >= 0.6 is 11.3 Å². The zero-order chi connectivity index (χ0) is 22.1. The molecule has 32 heavy (non-hydrogen) atoms. The van der Waals surface area contributed by atoms with E-state index in [1.54, 1.807) is 42.2 Å². The number of rotatable bonds is 6. The summed E-state index contributed by atoms with van der Waals surface area (Å²) in [6.07, 6.45) is 3.66. The molecular formula is C21H22N4O5S2. The van der Waals surface area contributed by atoms with E-state index in [9.17, 15) is 13.2 Å². The summed E-state index contributed by atoms with van der Waals surface area (Å²) in [5, 5.41) is 7.75. The van der Waals surface area contributed by atoms with Crippen molar-refractivity contribution in [1.29, 1.82) is 0 Å². The molecule has 5 heterocycles. The van der Waals surface area contributed by atoms with E-state index in [1.165, 1.54) is 20.7 Å². The summed E-state index contributed by atoms with van der Waals surface area (Å²) in [5.74, 6) is 1.13. The van der Waals surface area contributed by atoms with Crippen LogP contribution in [0.4, 0.5) is 0 Å². The fourth-order valence-corrected chi connectivity index (χ4v) is 6.53. The van der Waals surface area contributed by atoms with Crippen molar-refractivity contribution in [2.24, 2.45) is 5.10 Å². The Morgan fingerprint density at radius 3 is 2.50 bits per heavy atom. The molecule has 5 rings (SSSR count). The molecular weight excluding hydrogens is 452 g/mol. The molecule has 3 aromatic heterocycles. The van der Waals surface area contributed by atoms with Crippen LogP contribution in [-0.4, -0.2) is 67.0 Å². The van der Waals surface area contributed by atoms with Gasteiger partial charge in [0, 0.05) is 32.6 Å². The van der Waals surface area contributed by atoms with Gasteiger partial charge in [-0.3, -0.25) is 9.69 Å². The molecule has 0 radical (unpaired) electrons. The Kier molecular flexibility index (Phi) is 5.72. The van der Waals surface area contributed by atoms with Crippen LogP contribution < -0.4 is 0 Å². The Labute approximate surface area is 189 Å². The largest absolute Gasteiger partial charge is 0.467 e. The van der Waals surface area contributed by atoms with Crippen LogP contribution in [0.15, 0.2) is 72.4 Å². The molecule has 2 aliphatic heterocycles. The van der Waals surface area contributed by atoms with Crippen LogP contribution in [0.1, 0.15) is 24.0 Å². The Morgan fingerprint density at radius 2 is 1.84 bits per heavy atom. The summed E-state index contributed by atoms with van der Waals surface area (Å²) in [6, 6.07) is 10.2. The number of sulfonamides is 1. The highest BCUT2D eigenvalue weighted by Gasteiger charge is 2.37. The molecule has 1 saturated heterocycles. The first kappa shape index (κ1) is 21.1. The topological polar surface area (TPSA) is 99.6 Å². The summed E-state index contributed by atoms with van der Waals surface area (Å²) in [6.45, 7) is 1.79. The smallest absolute Gasteiger partial charge is 0.257 e. The summed E-state index contributed by atoms with van der Waals surface area (Å²) in [4.78, 5) is 15.1. The van der Waals surface area contributed by atoms with E-state index in [4.69, 9.17) is 8.83 Å². The third-order valence-electron chi connectivity index (χ3n) is 5.62. The molecule has 9 nitrogen and oxygen atoms in total. The molecule has 0 aromatic carbocycles. The van der Waals surface area contributed by atoms with Crippen LogP contribution in [0.3, 0.4) is 0 Å². The second-order valence-electron chi connectivity index (χ2n) is 7.61. The molecule has 0 N–H and O–H groups in total. The van der Waals surface area contributed by atoms with Crippen molar-refractivity contribution in [2.45, 2.75) is 16.7 Å². The van der Waals surface area contributed by atoms with Crippen molar-refractivity contribution >= 4 is 33.0 Å². The Morgan fingerprint density at radius 1 is 1.06 bits per heavy atom. The normalized spacial score (nSPS) is 20.6. The quantitative estimate of drug-likeness (QED) is 0.545. The molecule has 0 aliphatic carbocycles. The number of hydrogen-bond donors (Lipinski definition) is 0. The molecule has 0 spiro atoms. The van der Waals surface area contributed by atoms with Crippen molar-refractivity contribution < 1.29 is 22.0 Å². The Balaban J connectivity index is 1.26. The maximum Gasteiger partial charge on any atom is 0.257 e. The highest BCUT2D eigenvalue weighted by molar-refractivity contribution is 7.91. The highest BCUT2D eigenvalue weighted by atomic mass is 32.2. The fourth-order valence-electron chi connectivity index (χ4n) is 3.96. The summed E-state index contributed by atoms with van der Waals surface area (Å²) in [7, 11) is -3.47. The minimum atomic E-state index is -3.47. The van der Waals surface area contributed by atoms with E-state index >= 15 is 0 Å². The summed E-state index contributed by atoms with van der Waals surface area (Å²) in [5.41, 5.74) is 0.691. The van der Waals surface area contributed by atoms with Gasteiger partial charge in [-0.1, -0.05) is 6.07 Å². The maximum atomic E-state index is 13.2. The van der Waals surface area contributed by atoms with Crippen molar-refractivity contribution in [3.63, 3.8) is 0 Å². The molecule has 1 fully saturated rings. The monoisotopic (exact) mass is 474 g/mol. The minimum absolute atomic E-state index is 0.152. The third-order valence-corrected chi connectivity index (χ3v) is 8.89. The maximum absolute atomic E-state index is 13.2. The van der Waals surface area contributed by atoms with Crippen LogP contribution in [-0.2, 0) is 14.8 Å². The van der Waals surface area contributed by atoms with Crippen molar-refractivity contribution in [3.05, 3.63) is 65.8 Å². The number of hydrogen-bond acceptors (Lipinski definition) is 8. The van der Waals surface area contributed by atoms with Gasteiger partial charge in [-0.05, 0) is 35.7 Å². The number of furan rings is 2. The Bertz CT molecular complexity index is 1180. The molecule has 11 heteroatoms. The summed E-state index contributed by atoms with van der Waals surface area (Å²) < 4.78 is 38.3. The van der Waals surface area contributed by atoms with E-state index in [0.717, 1.165) is 0 Å². The number of carbonyl (C=O) groups is 1. The molecule has 3 aromatic rings. The average Bonchev–Trinajstić information content (AvgIpc) is 3.59. The number of carbonyl (C=O) groups excluding carboxylic acids is 1. The van der Waals surface area contributed by atoms with Crippen molar-refractivity contribution in [1.82, 2.24) is 14.2 Å².